The second-order valence-corrected chi connectivity index (χ2v) is 15.2. The predicted octanol–water partition coefficient (Wildman–Crippen LogP) is 13.8. The highest BCUT2D eigenvalue weighted by Crippen LogP contribution is 2.54. The van der Waals surface area contributed by atoms with Gasteiger partial charge in [0.15, 0.2) is 0 Å². The minimum Gasteiger partial charge on any atom is -0.306 e. The molecule has 2 aromatic heterocycles. The van der Waals surface area contributed by atoms with Gasteiger partial charge >= 0.3 is 0 Å². The van der Waals surface area contributed by atoms with Gasteiger partial charge in [-0.15, -0.1) is 0 Å². The van der Waals surface area contributed by atoms with Crippen molar-refractivity contribution < 1.29 is 0 Å². The summed E-state index contributed by atoms with van der Waals surface area (Å²) >= 11 is 0. The molecule has 0 amide bonds. The Labute approximate surface area is 314 Å². The van der Waals surface area contributed by atoms with Gasteiger partial charge in [0.2, 0.25) is 0 Å². The van der Waals surface area contributed by atoms with E-state index in [1.165, 1.54) is 88.0 Å². The molecule has 11 rings (SSSR count). The Hall–Kier alpha value is -6.77. The van der Waals surface area contributed by atoms with Gasteiger partial charge < -0.3 is 4.40 Å². The summed E-state index contributed by atoms with van der Waals surface area (Å²) in [5.74, 6) is 0. The van der Waals surface area contributed by atoms with Gasteiger partial charge in [-0.1, -0.05) is 159 Å². The van der Waals surface area contributed by atoms with Gasteiger partial charge in [0.05, 0.1) is 5.69 Å². The molecule has 0 radical (unpaired) electrons. The first-order valence-corrected chi connectivity index (χ1v) is 18.8. The van der Waals surface area contributed by atoms with Crippen molar-refractivity contribution in [2.75, 3.05) is 0 Å². The lowest BCUT2D eigenvalue weighted by atomic mass is 9.79. The molecule has 2 nitrogen and oxygen atoms in total. The van der Waals surface area contributed by atoms with Crippen molar-refractivity contribution in [1.29, 1.82) is 0 Å². The number of benzene rings is 8. The molecule has 0 aliphatic heterocycles. The van der Waals surface area contributed by atoms with E-state index in [2.05, 4.69) is 201 Å². The second-order valence-electron chi connectivity index (χ2n) is 15.2. The van der Waals surface area contributed by atoms with Crippen molar-refractivity contribution in [3.63, 3.8) is 0 Å². The van der Waals surface area contributed by atoms with Crippen LogP contribution in [0.5, 0.6) is 0 Å². The first kappa shape index (κ1) is 30.8. The molecule has 8 aromatic carbocycles. The van der Waals surface area contributed by atoms with E-state index in [-0.39, 0.29) is 5.41 Å². The summed E-state index contributed by atoms with van der Waals surface area (Å²) in [6.07, 6.45) is 4.29. The standard InChI is InChI=1S/C52H36N2/c1-52(2)46-27-38(33-21-23-34(24-22-33)48-32-54-31-39-18-10-9-17-37(39)28-49(54)53-48)25-26-40(46)43-29-44-45(30-47(43)52)51(36-15-7-4-8-16-36)42-20-12-11-19-41(42)50(44)35-13-5-3-6-14-35/h3-32H,1-2H3. The summed E-state index contributed by atoms with van der Waals surface area (Å²) in [7, 11) is 0. The molecule has 0 atom stereocenters. The van der Waals surface area contributed by atoms with Crippen LogP contribution < -0.4 is 0 Å². The van der Waals surface area contributed by atoms with Crippen molar-refractivity contribution in [3.05, 3.63) is 193 Å². The zero-order valence-corrected chi connectivity index (χ0v) is 30.2. The van der Waals surface area contributed by atoms with Crippen molar-refractivity contribution in [2.24, 2.45) is 0 Å². The molecule has 0 bridgehead atoms. The normalized spacial score (nSPS) is 13.1. The number of hydrogen-bond donors (Lipinski definition) is 0. The number of aromatic nitrogens is 2. The monoisotopic (exact) mass is 688 g/mol. The van der Waals surface area contributed by atoms with E-state index in [1.807, 2.05) is 0 Å². The molecule has 10 aromatic rings. The van der Waals surface area contributed by atoms with Crippen LogP contribution >= 0.6 is 0 Å². The maximum absolute atomic E-state index is 4.98. The Morgan fingerprint density at radius 3 is 1.65 bits per heavy atom. The molecular weight excluding hydrogens is 653 g/mol. The van der Waals surface area contributed by atoms with Gasteiger partial charge in [0.1, 0.15) is 5.65 Å². The fourth-order valence-corrected chi connectivity index (χ4v) is 9.05. The van der Waals surface area contributed by atoms with E-state index in [1.54, 1.807) is 0 Å². The molecule has 0 unspecified atom stereocenters. The molecule has 0 saturated carbocycles. The van der Waals surface area contributed by atoms with E-state index in [4.69, 9.17) is 4.98 Å². The zero-order chi connectivity index (χ0) is 36.0. The van der Waals surface area contributed by atoms with Crippen molar-refractivity contribution in [1.82, 2.24) is 9.38 Å². The lowest BCUT2D eigenvalue weighted by molar-refractivity contribution is 0.661. The number of hydrogen-bond acceptors (Lipinski definition) is 1. The van der Waals surface area contributed by atoms with Crippen LogP contribution in [0.1, 0.15) is 25.0 Å². The lowest BCUT2D eigenvalue weighted by Crippen LogP contribution is -2.15. The van der Waals surface area contributed by atoms with Crippen LogP contribution in [-0.4, -0.2) is 9.38 Å². The Morgan fingerprint density at radius 2 is 0.963 bits per heavy atom. The highest BCUT2D eigenvalue weighted by molar-refractivity contribution is 6.22. The van der Waals surface area contributed by atoms with Gasteiger partial charge in [-0.05, 0) is 112 Å². The van der Waals surface area contributed by atoms with Crippen LogP contribution in [-0.2, 0) is 5.41 Å². The first-order chi connectivity index (χ1) is 26.5. The van der Waals surface area contributed by atoms with Crippen LogP contribution in [0, 0.1) is 0 Å². The topological polar surface area (TPSA) is 17.3 Å². The molecule has 254 valence electrons. The smallest absolute Gasteiger partial charge is 0.138 e. The Kier molecular flexibility index (Phi) is 6.63. The molecule has 2 heteroatoms. The fraction of sp³-hybridized carbons (Fsp3) is 0.0577. The second kappa shape index (κ2) is 11.6. The molecular formula is C52H36N2. The van der Waals surface area contributed by atoms with Crippen molar-refractivity contribution in [3.8, 4) is 55.8 Å². The minimum absolute atomic E-state index is 0.179. The quantitative estimate of drug-likeness (QED) is 0.168. The summed E-state index contributed by atoms with van der Waals surface area (Å²) < 4.78 is 2.13. The first-order valence-electron chi connectivity index (χ1n) is 18.8. The Balaban J connectivity index is 1.05. The SMILES string of the molecule is CC1(C)c2cc(-c3ccc(-c4cn5cc6ccccc6cc5n4)cc3)ccc2-c2cc3c(-c4ccccc4)c4ccccc4c(-c4ccccc4)c3cc21. The number of pyridine rings is 1. The fourth-order valence-electron chi connectivity index (χ4n) is 9.05. The van der Waals surface area contributed by atoms with E-state index < -0.39 is 0 Å². The maximum Gasteiger partial charge on any atom is 0.138 e. The maximum atomic E-state index is 4.98. The molecule has 2 heterocycles. The number of rotatable bonds is 4. The van der Waals surface area contributed by atoms with Gasteiger partial charge in [-0.3, -0.25) is 0 Å². The lowest BCUT2D eigenvalue weighted by Gasteiger charge is -2.24. The van der Waals surface area contributed by atoms with Crippen molar-refractivity contribution >= 4 is 38.0 Å². The third-order valence-corrected chi connectivity index (χ3v) is 11.8. The molecule has 0 fully saturated rings. The molecule has 1 aliphatic carbocycles. The average molecular weight is 689 g/mol. The van der Waals surface area contributed by atoms with Crippen LogP contribution in [0.15, 0.2) is 182 Å². The van der Waals surface area contributed by atoms with E-state index >= 15 is 0 Å². The molecule has 1 aliphatic rings. The molecule has 0 spiro atoms. The highest BCUT2D eigenvalue weighted by Gasteiger charge is 2.36. The third-order valence-electron chi connectivity index (χ3n) is 11.8. The third kappa shape index (κ3) is 4.63. The van der Waals surface area contributed by atoms with Gasteiger partial charge in [0.25, 0.3) is 0 Å². The number of fused-ring (bicyclic) bond motifs is 7. The van der Waals surface area contributed by atoms with Gasteiger partial charge in [-0.2, -0.15) is 0 Å². The average Bonchev–Trinajstić information content (AvgIpc) is 3.73. The number of nitrogens with zero attached hydrogens (tertiary/aromatic N) is 2. The van der Waals surface area contributed by atoms with Crippen LogP contribution in [0.2, 0.25) is 0 Å². The van der Waals surface area contributed by atoms with Crippen LogP contribution in [0.4, 0.5) is 0 Å². The number of imidazole rings is 1. The summed E-state index contributed by atoms with van der Waals surface area (Å²) in [6.45, 7) is 4.79. The van der Waals surface area contributed by atoms with Crippen LogP contribution in [0.25, 0.3) is 93.7 Å². The van der Waals surface area contributed by atoms with Crippen molar-refractivity contribution in [2.45, 2.75) is 19.3 Å². The highest BCUT2D eigenvalue weighted by atomic mass is 15.0. The van der Waals surface area contributed by atoms with E-state index in [9.17, 15) is 0 Å². The van der Waals surface area contributed by atoms with E-state index in [0.29, 0.717) is 0 Å². The minimum atomic E-state index is -0.179. The van der Waals surface area contributed by atoms with E-state index in [0.717, 1.165) is 16.9 Å². The molecule has 54 heavy (non-hydrogen) atoms. The summed E-state index contributed by atoms with van der Waals surface area (Å²) in [4.78, 5) is 4.98. The molecule has 0 saturated heterocycles. The Morgan fingerprint density at radius 1 is 0.407 bits per heavy atom. The summed E-state index contributed by atoms with van der Waals surface area (Å²) in [5, 5.41) is 7.57. The predicted molar refractivity (Wildman–Crippen MR) is 227 cm³/mol. The summed E-state index contributed by atoms with van der Waals surface area (Å²) in [6, 6.07) is 62.4. The van der Waals surface area contributed by atoms with Gasteiger partial charge in [-0.25, -0.2) is 4.98 Å². The zero-order valence-electron chi connectivity index (χ0n) is 30.2. The molecule has 0 N–H and O–H groups in total. The Bertz CT molecular complexity index is 3040. The largest absolute Gasteiger partial charge is 0.306 e. The van der Waals surface area contributed by atoms with Crippen LogP contribution in [0.3, 0.4) is 0 Å². The summed E-state index contributed by atoms with van der Waals surface area (Å²) in [5.41, 5.74) is 15.8. The van der Waals surface area contributed by atoms with Gasteiger partial charge in [0, 0.05) is 23.4 Å².